The van der Waals surface area contributed by atoms with Crippen LogP contribution in [0.2, 0.25) is 0 Å². The Kier molecular flexibility index (Phi) is 5.96. The summed E-state index contributed by atoms with van der Waals surface area (Å²) in [5.74, 6) is -1.57. The SMILES string of the molecule is CC[C@H](C)[C@H](NC(=O)NCc1ccc(F)cc1)C(=O)O. The van der Waals surface area contributed by atoms with Crippen molar-refractivity contribution < 1.29 is 19.1 Å². The first-order valence-electron chi connectivity index (χ1n) is 6.45. The van der Waals surface area contributed by atoms with Gasteiger partial charge in [-0.3, -0.25) is 0 Å². The summed E-state index contributed by atoms with van der Waals surface area (Å²) in [4.78, 5) is 22.7. The van der Waals surface area contributed by atoms with Crippen molar-refractivity contribution in [2.24, 2.45) is 5.92 Å². The van der Waals surface area contributed by atoms with E-state index < -0.39 is 18.0 Å². The zero-order chi connectivity index (χ0) is 15.1. The number of nitrogens with one attached hydrogen (secondary N) is 2. The highest BCUT2D eigenvalue weighted by molar-refractivity contribution is 5.82. The van der Waals surface area contributed by atoms with Crippen molar-refractivity contribution in [2.75, 3.05) is 0 Å². The molecular formula is C14H19FN2O3. The Morgan fingerprint density at radius 1 is 1.30 bits per heavy atom. The molecule has 2 amide bonds. The largest absolute Gasteiger partial charge is 0.480 e. The Morgan fingerprint density at radius 3 is 2.40 bits per heavy atom. The fourth-order valence-corrected chi connectivity index (χ4v) is 1.66. The van der Waals surface area contributed by atoms with E-state index in [0.29, 0.717) is 6.42 Å². The van der Waals surface area contributed by atoms with Crippen LogP contribution in [0.1, 0.15) is 25.8 Å². The molecule has 0 aromatic heterocycles. The van der Waals surface area contributed by atoms with Crippen molar-refractivity contribution in [3.05, 3.63) is 35.6 Å². The van der Waals surface area contributed by atoms with Gasteiger partial charge in [-0.05, 0) is 23.6 Å². The molecule has 0 fully saturated rings. The van der Waals surface area contributed by atoms with E-state index >= 15 is 0 Å². The first-order valence-corrected chi connectivity index (χ1v) is 6.45. The lowest BCUT2D eigenvalue weighted by atomic mass is 9.99. The van der Waals surface area contributed by atoms with Crippen LogP contribution in [-0.2, 0) is 11.3 Å². The lowest BCUT2D eigenvalue weighted by molar-refractivity contribution is -0.140. The van der Waals surface area contributed by atoms with E-state index in [4.69, 9.17) is 5.11 Å². The van der Waals surface area contributed by atoms with E-state index in [1.54, 1.807) is 19.1 Å². The number of urea groups is 1. The number of aliphatic carboxylic acids is 1. The predicted molar refractivity (Wildman–Crippen MR) is 72.7 cm³/mol. The molecule has 3 N–H and O–H groups in total. The number of carboxylic acid groups (broad SMARTS) is 1. The van der Waals surface area contributed by atoms with Crippen LogP contribution in [0.4, 0.5) is 9.18 Å². The normalized spacial score (nSPS) is 13.3. The minimum Gasteiger partial charge on any atom is -0.480 e. The molecule has 1 aromatic carbocycles. The van der Waals surface area contributed by atoms with Gasteiger partial charge in [-0.2, -0.15) is 0 Å². The van der Waals surface area contributed by atoms with Crippen molar-refractivity contribution >= 4 is 12.0 Å². The van der Waals surface area contributed by atoms with Gasteiger partial charge in [-0.25, -0.2) is 14.0 Å². The second-order valence-corrected chi connectivity index (χ2v) is 4.65. The third-order valence-electron chi connectivity index (χ3n) is 3.13. The van der Waals surface area contributed by atoms with E-state index in [1.165, 1.54) is 12.1 Å². The Bertz CT molecular complexity index is 462. The molecule has 0 bridgehead atoms. The molecule has 6 heteroatoms. The van der Waals surface area contributed by atoms with Gasteiger partial charge in [0.25, 0.3) is 0 Å². The molecule has 0 spiro atoms. The number of carbonyl (C=O) groups is 2. The molecule has 110 valence electrons. The highest BCUT2D eigenvalue weighted by Gasteiger charge is 2.24. The molecule has 0 heterocycles. The number of carbonyl (C=O) groups excluding carboxylic acids is 1. The third-order valence-corrected chi connectivity index (χ3v) is 3.13. The van der Waals surface area contributed by atoms with Gasteiger partial charge in [-0.1, -0.05) is 32.4 Å². The fourth-order valence-electron chi connectivity index (χ4n) is 1.66. The maximum Gasteiger partial charge on any atom is 0.326 e. The monoisotopic (exact) mass is 282 g/mol. The minimum absolute atomic E-state index is 0.163. The van der Waals surface area contributed by atoms with Crippen LogP contribution in [0.5, 0.6) is 0 Å². The number of carboxylic acids is 1. The minimum atomic E-state index is -1.06. The van der Waals surface area contributed by atoms with Crippen molar-refractivity contribution in [2.45, 2.75) is 32.9 Å². The van der Waals surface area contributed by atoms with E-state index in [-0.39, 0.29) is 18.3 Å². The zero-order valence-corrected chi connectivity index (χ0v) is 11.5. The van der Waals surface area contributed by atoms with Crippen LogP contribution in [0.25, 0.3) is 0 Å². The van der Waals surface area contributed by atoms with Gasteiger partial charge in [-0.15, -0.1) is 0 Å². The van der Waals surface area contributed by atoms with Crippen LogP contribution in [0.15, 0.2) is 24.3 Å². The first kappa shape index (κ1) is 15.9. The zero-order valence-electron chi connectivity index (χ0n) is 11.5. The molecular weight excluding hydrogens is 263 g/mol. The number of halogens is 1. The predicted octanol–water partition coefficient (Wildman–Crippen LogP) is 2.12. The number of hydrogen-bond acceptors (Lipinski definition) is 2. The maximum absolute atomic E-state index is 12.7. The highest BCUT2D eigenvalue weighted by Crippen LogP contribution is 2.08. The third kappa shape index (κ3) is 4.87. The van der Waals surface area contributed by atoms with Crippen molar-refractivity contribution in [3.63, 3.8) is 0 Å². The number of hydrogen-bond donors (Lipinski definition) is 3. The standard InChI is InChI=1S/C14H19FN2O3/c1-3-9(2)12(13(18)19)17-14(20)16-8-10-4-6-11(15)7-5-10/h4-7,9,12H,3,8H2,1-2H3,(H,18,19)(H2,16,17,20)/t9-,12-/m0/s1. The fraction of sp³-hybridized carbons (Fsp3) is 0.429. The summed E-state index contributed by atoms with van der Waals surface area (Å²) < 4.78 is 12.7. The molecule has 0 saturated heterocycles. The molecule has 1 aromatic rings. The lowest BCUT2D eigenvalue weighted by Crippen LogP contribution is -2.48. The van der Waals surface area contributed by atoms with Gasteiger partial charge in [0, 0.05) is 6.54 Å². The van der Waals surface area contributed by atoms with Gasteiger partial charge in [0.05, 0.1) is 0 Å². The Balaban J connectivity index is 2.49. The Hall–Kier alpha value is -2.11. The molecule has 20 heavy (non-hydrogen) atoms. The van der Waals surface area contributed by atoms with Crippen molar-refractivity contribution in [3.8, 4) is 0 Å². The first-order chi connectivity index (χ1) is 9.43. The number of benzene rings is 1. The van der Waals surface area contributed by atoms with Crippen LogP contribution in [0.3, 0.4) is 0 Å². The molecule has 0 aliphatic rings. The van der Waals surface area contributed by atoms with E-state index in [0.717, 1.165) is 5.56 Å². The summed E-state index contributed by atoms with van der Waals surface area (Å²) in [6, 6.07) is 4.23. The van der Waals surface area contributed by atoms with Crippen molar-refractivity contribution in [1.82, 2.24) is 10.6 Å². The summed E-state index contributed by atoms with van der Waals surface area (Å²) >= 11 is 0. The summed E-state index contributed by atoms with van der Waals surface area (Å²) in [6.45, 7) is 3.83. The van der Waals surface area contributed by atoms with Crippen molar-refractivity contribution in [1.29, 1.82) is 0 Å². The molecule has 1 rings (SSSR count). The summed E-state index contributed by atoms with van der Waals surface area (Å²) in [6.07, 6.45) is 0.648. The summed E-state index contributed by atoms with van der Waals surface area (Å²) in [5.41, 5.74) is 0.733. The van der Waals surface area contributed by atoms with Gasteiger partial charge in [0.15, 0.2) is 0 Å². The highest BCUT2D eigenvalue weighted by atomic mass is 19.1. The van der Waals surface area contributed by atoms with Crippen LogP contribution < -0.4 is 10.6 Å². The van der Waals surface area contributed by atoms with Crippen LogP contribution in [0, 0.1) is 11.7 Å². The molecule has 0 aliphatic heterocycles. The molecule has 0 saturated carbocycles. The number of rotatable bonds is 6. The summed E-state index contributed by atoms with van der Waals surface area (Å²) in [7, 11) is 0. The molecule has 0 radical (unpaired) electrons. The van der Waals surface area contributed by atoms with E-state index in [2.05, 4.69) is 10.6 Å². The molecule has 2 atom stereocenters. The average molecular weight is 282 g/mol. The second kappa shape index (κ2) is 7.47. The smallest absolute Gasteiger partial charge is 0.326 e. The van der Waals surface area contributed by atoms with Crippen LogP contribution in [-0.4, -0.2) is 23.1 Å². The van der Waals surface area contributed by atoms with E-state index in [9.17, 15) is 14.0 Å². The van der Waals surface area contributed by atoms with Gasteiger partial charge < -0.3 is 15.7 Å². The number of amides is 2. The van der Waals surface area contributed by atoms with E-state index in [1.807, 2.05) is 6.92 Å². The van der Waals surface area contributed by atoms with Gasteiger partial charge >= 0.3 is 12.0 Å². The topological polar surface area (TPSA) is 78.4 Å². The average Bonchev–Trinajstić information content (AvgIpc) is 2.43. The summed E-state index contributed by atoms with van der Waals surface area (Å²) in [5, 5.41) is 14.0. The Labute approximate surface area is 117 Å². The molecule has 0 aliphatic carbocycles. The van der Waals surface area contributed by atoms with Crippen LogP contribution >= 0.6 is 0 Å². The lowest BCUT2D eigenvalue weighted by Gasteiger charge is -2.20. The second-order valence-electron chi connectivity index (χ2n) is 4.65. The maximum atomic E-state index is 12.7. The van der Waals surface area contributed by atoms with Gasteiger partial charge in [0.2, 0.25) is 0 Å². The Morgan fingerprint density at radius 2 is 1.90 bits per heavy atom. The van der Waals surface area contributed by atoms with Gasteiger partial charge in [0.1, 0.15) is 11.9 Å². The quantitative estimate of drug-likeness (QED) is 0.748. The molecule has 5 nitrogen and oxygen atoms in total. The molecule has 0 unspecified atom stereocenters.